The largest absolute Gasteiger partial charge is 0.317 e. The first-order valence-corrected chi connectivity index (χ1v) is 4.43. The van der Waals surface area contributed by atoms with Crippen LogP contribution in [-0.4, -0.2) is 13.1 Å². The molecular weight excluding hydrogens is 122 g/mol. The zero-order valence-electron chi connectivity index (χ0n) is 7.78. The van der Waals surface area contributed by atoms with Gasteiger partial charge in [-0.05, 0) is 24.9 Å². The molecule has 10 heavy (non-hydrogen) atoms. The molecule has 0 rings (SSSR count). The van der Waals surface area contributed by atoms with Gasteiger partial charge < -0.3 is 5.32 Å². The molecule has 1 nitrogen and oxygen atoms in total. The molecule has 0 aliphatic carbocycles. The molecule has 0 aromatic carbocycles. The highest BCUT2D eigenvalue weighted by Crippen LogP contribution is 2.12. The van der Waals surface area contributed by atoms with Gasteiger partial charge >= 0.3 is 0 Å². The minimum absolute atomic E-state index is 0.824. The fourth-order valence-corrected chi connectivity index (χ4v) is 0.976. The zero-order chi connectivity index (χ0) is 7.98. The van der Waals surface area contributed by atoms with E-state index < -0.39 is 0 Å². The van der Waals surface area contributed by atoms with Crippen molar-refractivity contribution in [2.24, 2.45) is 11.8 Å². The average molecular weight is 143 g/mol. The molecule has 62 valence electrons. The van der Waals surface area contributed by atoms with Crippen LogP contribution in [0.15, 0.2) is 0 Å². The van der Waals surface area contributed by atoms with Gasteiger partial charge in [0.2, 0.25) is 0 Å². The summed E-state index contributed by atoms with van der Waals surface area (Å²) in [6.07, 6.45) is 1.30. The first-order valence-electron chi connectivity index (χ1n) is 4.43. The molecule has 2 unspecified atom stereocenters. The highest BCUT2D eigenvalue weighted by molar-refractivity contribution is 4.62. The maximum absolute atomic E-state index is 3.36. The predicted molar refractivity (Wildman–Crippen MR) is 47.2 cm³/mol. The van der Waals surface area contributed by atoms with Gasteiger partial charge in [-0.15, -0.1) is 0 Å². The maximum Gasteiger partial charge on any atom is -0.00207 e. The van der Waals surface area contributed by atoms with Crippen molar-refractivity contribution in [3.8, 4) is 0 Å². The summed E-state index contributed by atoms with van der Waals surface area (Å²) < 4.78 is 0. The van der Waals surface area contributed by atoms with Gasteiger partial charge in [0, 0.05) is 0 Å². The first-order chi connectivity index (χ1) is 4.72. The molecule has 0 amide bonds. The Labute approximate surface area is 65.2 Å². The van der Waals surface area contributed by atoms with Gasteiger partial charge in [0.15, 0.2) is 0 Å². The van der Waals surface area contributed by atoms with E-state index >= 15 is 0 Å². The van der Waals surface area contributed by atoms with Crippen molar-refractivity contribution >= 4 is 0 Å². The Hall–Kier alpha value is -0.0400. The van der Waals surface area contributed by atoms with Crippen LogP contribution in [0.5, 0.6) is 0 Å². The van der Waals surface area contributed by atoms with Gasteiger partial charge in [0.25, 0.3) is 0 Å². The van der Waals surface area contributed by atoms with E-state index in [4.69, 9.17) is 0 Å². The van der Waals surface area contributed by atoms with Crippen molar-refractivity contribution in [1.29, 1.82) is 0 Å². The summed E-state index contributed by atoms with van der Waals surface area (Å²) in [7, 11) is 0. The van der Waals surface area contributed by atoms with E-state index in [9.17, 15) is 0 Å². The Morgan fingerprint density at radius 3 is 2.10 bits per heavy atom. The Morgan fingerprint density at radius 1 is 1.10 bits per heavy atom. The van der Waals surface area contributed by atoms with Gasteiger partial charge in [-0.1, -0.05) is 34.1 Å². The van der Waals surface area contributed by atoms with Crippen LogP contribution in [0, 0.1) is 11.8 Å². The molecule has 1 N–H and O–H groups in total. The lowest BCUT2D eigenvalue weighted by molar-refractivity contribution is 0.361. The highest BCUT2D eigenvalue weighted by atomic mass is 14.8. The monoisotopic (exact) mass is 143 g/mol. The van der Waals surface area contributed by atoms with E-state index in [0.29, 0.717) is 0 Å². The fourth-order valence-electron chi connectivity index (χ4n) is 0.976. The van der Waals surface area contributed by atoms with Gasteiger partial charge in [-0.25, -0.2) is 0 Å². The average Bonchev–Trinajstić information content (AvgIpc) is 1.98. The number of rotatable bonds is 5. The van der Waals surface area contributed by atoms with Crippen molar-refractivity contribution in [2.75, 3.05) is 13.1 Å². The van der Waals surface area contributed by atoms with E-state index in [-0.39, 0.29) is 0 Å². The fraction of sp³-hybridized carbons (Fsp3) is 1.00. The number of nitrogens with one attached hydrogen (secondary N) is 1. The van der Waals surface area contributed by atoms with Crippen LogP contribution in [-0.2, 0) is 0 Å². The standard InChI is InChI=1S/C9H21N/c1-5-8(3)9(4)7-10-6-2/h8-10H,5-7H2,1-4H3. The van der Waals surface area contributed by atoms with Crippen LogP contribution in [0.4, 0.5) is 0 Å². The third-order valence-corrected chi connectivity index (χ3v) is 2.33. The summed E-state index contributed by atoms with van der Waals surface area (Å²) in [5, 5.41) is 3.36. The molecule has 0 spiro atoms. The van der Waals surface area contributed by atoms with Crippen LogP contribution in [0.25, 0.3) is 0 Å². The molecule has 0 aromatic rings. The Kier molecular flexibility index (Phi) is 5.70. The van der Waals surface area contributed by atoms with Gasteiger partial charge in [0.1, 0.15) is 0 Å². The SMILES string of the molecule is CCNCC(C)C(C)CC. The summed E-state index contributed by atoms with van der Waals surface area (Å²) >= 11 is 0. The second-order valence-corrected chi connectivity index (χ2v) is 3.17. The second kappa shape index (κ2) is 5.72. The summed E-state index contributed by atoms with van der Waals surface area (Å²) in [4.78, 5) is 0. The van der Waals surface area contributed by atoms with E-state index in [1.54, 1.807) is 0 Å². The lowest BCUT2D eigenvalue weighted by Gasteiger charge is -2.17. The van der Waals surface area contributed by atoms with Gasteiger partial charge in [0.05, 0.1) is 0 Å². The summed E-state index contributed by atoms with van der Waals surface area (Å²) in [5.74, 6) is 1.68. The van der Waals surface area contributed by atoms with Crippen molar-refractivity contribution in [3.05, 3.63) is 0 Å². The lowest BCUT2D eigenvalue weighted by atomic mass is 9.94. The normalized spacial score (nSPS) is 16.8. The second-order valence-electron chi connectivity index (χ2n) is 3.17. The van der Waals surface area contributed by atoms with Gasteiger partial charge in [-0.3, -0.25) is 0 Å². The smallest absolute Gasteiger partial charge is 0.00207 e. The molecule has 0 heterocycles. The molecule has 0 aliphatic heterocycles. The van der Waals surface area contributed by atoms with Crippen LogP contribution < -0.4 is 5.32 Å². The highest BCUT2D eigenvalue weighted by Gasteiger charge is 2.07. The quantitative estimate of drug-likeness (QED) is 0.622. The molecule has 1 heteroatoms. The third kappa shape index (κ3) is 3.89. The molecule has 2 atom stereocenters. The molecule has 0 aromatic heterocycles. The van der Waals surface area contributed by atoms with E-state index in [0.717, 1.165) is 18.4 Å². The Bertz CT molecular complexity index is 71.1. The molecule has 0 bridgehead atoms. The molecule has 0 radical (unpaired) electrons. The van der Waals surface area contributed by atoms with Crippen LogP contribution in [0.2, 0.25) is 0 Å². The van der Waals surface area contributed by atoms with Crippen LogP contribution >= 0.6 is 0 Å². The topological polar surface area (TPSA) is 12.0 Å². The summed E-state index contributed by atoms with van der Waals surface area (Å²) in [5.41, 5.74) is 0. The summed E-state index contributed by atoms with van der Waals surface area (Å²) in [6.45, 7) is 11.3. The lowest BCUT2D eigenvalue weighted by Crippen LogP contribution is -2.24. The maximum atomic E-state index is 3.36. The molecule has 0 saturated heterocycles. The van der Waals surface area contributed by atoms with Crippen molar-refractivity contribution in [2.45, 2.75) is 34.1 Å². The predicted octanol–water partition coefficient (Wildman–Crippen LogP) is 2.28. The first kappa shape index (κ1) is 9.96. The summed E-state index contributed by atoms with van der Waals surface area (Å²) in [6, 6.07) is 0. The van der Waals surface area contributed by atoms with Crippen LogP contribution in [0.1, 0.15) is 34.1 Å². The molecule has 0 fully saturated rings. The Morgan fingerprint density at radius 2 is 1.70 bits per heavy atom. The molecular formula is C9H21N. The number of hydrogen-bond donors (Lipinski definition) is 1. The molecule has 0 saturated carbocycles. The van der Waals surface area contributed by atoms with E-state index in [1.165, 1.54) is 13.0 Å². The van der Waals surface area contributed by atoms with Crippen molar-refractivity contribution in [3.63, 3.8) is 0 Å². The van der Waals surface area contributed by atoms with Crippen molar-refractivity contribution < 1.29 is 0 Å². The Balaban J connectivity index is 3.31. The minimum atomic E-state index is 0.824. The molecule has 0 aliphatic rings. The van der Waals surface area contributed by atoms with Crippen molar-refractivity contribution in [1.82, 2.24) is 5.32 Å². The number of hydrogen-bond acceptors (Lipinski definition) is 1. The van der Waals surface area contributed by atoms with Gasteiger partial charge in [-0.2, -0.15) is 0 Å². The zero-order valence-corrected chi connectivity index (χ0v) is 7.78. The third-order valence-electron chi connectivity index (χ3n) is 2.33. The van der Waals surface area contributed by atoms with E-state index in [1.807, 2.05) is 0 Å². The van der Waals surface area contributed by atoms with E-state index in [2.05, 4.69) is 33.0 Å². The van der Waals surface area contributed by atoms with Crippen LogP contribution in [0.3, 0.4) is 0 Å². The minimum Gasteiger partial charge on any atom is -0.317 e.